The lowest BCUT2D eigenvalue weighted by atomic mass is 10.1. The van der Waals surface area contributed by atoms with E-state index in [-0.39, 0.29) is 31.0 Å². The van der Waals surface area contributed by atoms with E-state index in [1.165, 1.54) is 4.57 Å². The molecule has 0 spiro atoms. The van der Waals surface area contributed by atoms with E-state index >= 15 is 0 Å². The molecular weight excluding hydrogens is 358 g/mol. The zero-order valence-electron chi connectivity index (χ0n) is 15.4. The van der Waals surface area contributed by atoms with E-state index in [2.05, 4.69) is 4.98 Å². The summed E-state index contributed by atoms with van der Waals surface area (Å²) in [6.07, 6.45) is 0.724. The van der Waals surface area contributed by atoms with Gasteiger partial charge in [0.1, 0.15) is 18.9 Å². The van der Waals surface area contributed by atoms with Crippen LogP contribution in [0.25, 0.3) is 10.9 Å². The third kappa shape index (κ3) is 4.35. The first-order valence-electron chi connectivity index (χ1n) is 8.76. The fourth-order valence-electron chi connectivity index (χ4n) is 2.81. The summed E-state index contributed by atoms with van der Waals surface area (Å²) in [6, 6.07) is 16.3. The van der Waals surface area contributed by atoms with Crippen LogP contribution in [-0.4, -0.2) is 22.6 Å². The van der Waals surface area contributed by atoms with Gasteiger partial charge in [-0.3, -0.25) is 14.2 Å². The highest BCUT2D eigenvalue weighted by Crippen LogP contribution is 2.13. The second-order valence-electron chi connectivity index (χ2n) is 6.10. The van der Waals surface area contributed by atoms with Crippen LogP contribution < -0.4 is 10.3 Å². The second kappa shape index (κ2) is 8.82. The van der Waals surface area contributed by atoms with Gasteiger partial charge in [-0.15, -0.1) is 0 Å². The van der Waals surface area contributed by atoms with Crippen molar-refractivity contribution in [3.8, 4) is 11.8 Å². The van der Waals surface area contributed by atoms with Crippen LogP contribution in [0.2, 0.25) is 0 Å². The Bertz CT molecular complexity index is 1080. The van der Waals surface area contributed by atoms with E-state index < -0.39 is 5.97 Å². The molecule has 1 heterocycles. The van der Waals surface area contributed by atoms with Gasteiger partial charge in [-0.25, -0.2) is 4.98 Å². The molecule has 0 N–H and O–H groups in total. The molecule has 142 valence electrons. The number of ether oxygens (including phenoxy) is 2. The fraction of sp³-hybridized carbons (Fsp3) is 0.238. The van der Waals surface area contributed by atoms with Crippen molar-refractivity contribution < 1.29 is 14.3 Å². The number of hydrogen-bond donors (Lipinski definition) is 0. The van der Waals surface area contributed by atoms with Crippen LogP contribution in [0, 0.1) is 11.3 Å². The number of nitrogens with zero attached hydrogens (tertiary/aromatic N) is 3. The molecule has 3 aromatic rings. The SMILES string of the molecule is COc1ccc(CCC(=O)OCc2nc3ccccc3c(=O)n2CC#N)cc1. The van der Waals surface area contributed by atoms with Gasteiger partial charge in [0.25, 0.3) is 5.56 Å². The van der Waals surface area contributed by atoms with Crippen molar-refractivity contribution in [1.29, 1.82) is 5.26 Å². The predicted octanol–water partition coefficient (Wildman–Crippen LogP) is 2.60. The number of rotatable bonds is 7. The monoisotopic (exact) mass is 377 g/mol. The number of nitriles is 1. The summed E-state index contributed by atoms with van der Waals surface area (Å²) in [6.45, 7) is -0.321. The van der Waals surface area contributed by atoms with Crippen LogP contribution in [0.4, 0.5) is 0 Å². The van der Waals surface area contributed by atoms with Crippen LogP contribution in [-0.2, 0) is 29.1 Å². The van der Waals surface area contributed by atoms with Crippen LogP contribution in [0.3, 0.4) is 0 Å². The van der Waals surface area contributed by atoms with Crippen molar-refractivity contribution in [2.75, 3.05) is 7.11 Å². The van der Waals surface area contributed by atoms with E-state index in [1.807, 2.05) is 30.3 Å². The van der Waals surface area contributed by atoms with Gasteiger partial charge in [0.05, 0.1) is 24.1 Å². The number of fused-ring (bicyclic) bond motifs is 1. The summed E-state index contributed by atoms with van der Waals surface area (Å²) in [7, 11) is 1.60. The third-order valence-corrected chi connectivity index (χ3v) is 4.31. The second-order valence-corrected chi connectivity index (χ2v) is 6.10. The Morgan fingerprint density at radius 1 is 1.18 bits per heavy atom. The predicted molar refractivity (Wildman–Crippen MR) is 103 cm³/mol. The summed E-state index contributed by atoms with van der Waals surface area (Å²) < 4.78 is 11.6. The average molecular weight is 377 g/mol. The molecule has 0 amide bonds. The van der Waals surface area contributed by atoms with Gasteiger partial charge in [-0.2, -0.15) is 5.26 Å². The van der Waals surface area contributed by atoms with Gasteiger partial charge in [0.15, 0.2) is 5.82 Å². The number of methoxy groups -OCH3 is 1. The Morgan fingerprint density at radius 3 is 2.64 bits per heavy atom. The molecule has 0 saturated heterocycles. The largest absolute Gasteiger partial charge is 0.497 e. The molecule has 0 saturated carbocycles. The van der Waals surface area contributed by atoms with Gasteiger partial charge in [-0.1, -0.05) is 24.3 Å². The molecule has 1 aromatic heterocycles. The quantitative estimate of drug-likeness (QED) is 0.588. The number of carbonyl (C=O) groups is 1. The third-order valence-electron chi connectivity index (χ3n) is 4.31. The smallest absolute Gasteiger partial charge is 0.306 e. The Morgan fingerprint density at radius 2 is 1.93 bits per heavy atom. The van der Waals surface area contributed by atoms with E-state index in [4.69, 9.17) is 14.7 Å². The van der Waals surface area contributed by atoms with Gasteiger partial charge in [-0.05, 0) is 36.2 Å². The molecule has 0 aliphatic carbocycles. The molecular formula is C21H19N3O4. The molecule has 0 aliphatic rings. The highest BCUT2D eigenvalue weighted by atomic mass is 16.5. The molecule has 7 nitrogen and oxygen atoms in total. The molecule has 0 unspecified atom stereocenters. The maximum atomic E-state index is 12.6. The number of para-hydroxylation sites is 1. The van der Waals surface area contributed by atoms with Gasteiger partial charge in [0.2, 0.25) is 0 Å². The maximum Gasteiger partial charge on any atom is 0.306 e. The van der Waals surface area contributed by atoms with Crippen LogP contribution in [0.15, 0.2) is 53.3 Å². The Hall–Kier alpha value is -3.66. The zero-order chi connectivity index (χ0) is 19.9. The van der Waals surface area contributed by atoms with Gasteiger partial charge >= 0.3 is 5.97 Å². The van der Waals surface area contributed by atoms with Crippen molar-refractivity contribution >= 4 is 16.9 Å². The van der Waals surface area contributed by atoms with Crippen LogP contribution in [0.1, 0.15) is 17.8 Å². The van der Waals surface area contributed by atoms with Crippen molar-refractivity contribution in [2.45, 2.75) is 26.0 Å². The van der Waals surface area contributed by atoms with Crippen molar-refractivity contribution in [3.05, 3.63) is 70.3 Å². The molecule has 2 aromatic carbocycles. The lowest BCUT2D eigenvalue weighted by molar-refractivity contribution is -0.145. The number of benzene rings is 2. The first kappa shape index (κ1) is 19.1. The van der Waals surface area contributed by atoms with Crippen molar-refractivity contribution in [1.82, 2.24) is 9.55 Å². The molecule has 3 rings (SSSR count). The zero-order valence-corrected chi connectivity index (χ0v) is 15.4. The number of hydrogen-bond acceptors (Lipinski definition) is 6. The summed E-state index contributed by atoms with van der Waals surface area (Å²) in [5.41, 5.74) is 1.17. The molecule has 0 fully saturated rings. The molecule has 0 atom stereocenters. The molecule has 0 bridgehead atoms. The van der Waals surface area contributed by atoms with Crippen molar-refractivity contribution in [2.24, 2.45) is 0 Å². The average Bonchev–Trinajstić information content (AvgIpc) is 2.73. The van der Waals surface area contributed by atoms with Crippen LogP contribution >= 0.6 is 0 Å². The number of aryl methyl sites for hydroxylation is 1. The summed E-state index contributed by atoms with van der Waals surface area (Å²) in [5, 5.41) is 9.43. The lowest BCUT2D eigenvalue weighted by Crippen LogP contribution is -2.26. The molecule has 0 radical (unpaired) electrons. The fourth-order valence-corrected chi connectivity index (χ4v) is 2.81. The first-order chi connectivity index (χ1) is 13.6. The normalized spacial score (nSPS) is 10.4. The minimum atomic E-state index is -0.401. The molecule has 28 heavy (non-hydrogen) atoms. The number of aromatic nitrogens is 2. The first-order valence-corrected chi connectivity index (χ1v) is 8.76. The summed E-state index contributed by atoms with van der Waals surface area (Å²) in [4.78, 5) is 29.1. The van der Waals surface area contributed by atoms with Crippen LogP contribution in [0.5, 0.6) is 5.75 Å². The Kier molecular flexibility index (Phi) is 6.02. The topological polar surface area (TPSA) is 94.2 Å². The van der Waals surface area contributed by atoms with Gasteiger partial charge in [0, 0.05) is 6.42 Å². The number of carbonyl (C=O) groups excluding carboxylic acids is 1. The Balaban J connectivity index is 1.68. The van der Waals surface area contributed by atoms with E-state index in [1.54, 1.807) is 31.4 Å². The molecule has 7 heteroatoms. The lowest BCUT2D eigenvalue weighted by Gasteiger charge is -2.11. The standard InChI is InChI=1S/C21H19N3O4/c1-27-16-9-6-15(7-10-16)8-11-20(25)28-14-19-23-18-5-3-2-4-17(18)21(26)24(19)13-12-22/h2-7,9-10H,8,11,13-14H2,1H3. The highest BCUT2D eigenvalue weighted by molar-refractivity contribution is 5.77. The maximum absolute atomic E-state index is 12.6. The molecule has 0 aliphatic heterocycles. The van der Waals surface area contributed by atoms with Crippen molar-refractivity contribution in [3.63, 3.8) is 0 Å². The van der Waals surface area contributed by atoms with Gasteiger partial charge < -0.3 is 9.47 Å². The summed E-state index contributed by atoms with van der Waals surface area (Å²) in [5.74, 6) is 0.606. The Labute approximate surface area is 161 Å². The number of esters is 1. The van der Waals surface area contributed by atoms with E-state index in [0.717, 1.165) is 11.3 Å². The minimum absolute atomic E-state index is 0.157. The minimum Gasteiger partial charge on any atom is -0.497 e. The van der Waals surface area contributed by atoms with E-state index in [9.17, 15) is 9.59 Å². The summed E-state index contributed by atoms with van der Waals surface area (Å²) >= 11 is 0. The highest BCUT2D eigenvalue weighted by Gasteiger charge is 2.13. The van der Waals surface area contributed by atoms with E-state index in [0.29, 0.717) is 17.3 Å².